The Morgan fingerprint density at radius 3 is 2.57 bits per heavy atom. The van der Waals surface area contributed by atoms with Crippen LogP contribution in [0.15, 0.2) is 18.2 Å². The minimum atomic E-state index is -1.08. The maximum Gasteiger partial charge on any atom is 0.331 e. The van der Waals surface area contributed by atoms with E-state index in [-0.39, 0.29) is 12.6 Å². The van der Waals surface area contributed by atoms with E-state index in [4.69, 9.17) is 25.8 Å². The third-order valence-electron chi connectivity index (χ3n) is 3.78. The molecular formula is C19H23ClN2O6. The van der Waals surface area contributed by atoms with Gasteiger partial charge in [-0.15, -0.1) is 0 Å². The number of hydrogen-bond acceptors (Lipinski definition) is 6. The molecule has 1 heterocycles. The van der Waals surface area contributed by atoms with Crippen molar-refractivity contribution in [3.8, 4) is 11.5 Å². The third-order valence-corrected chi connectivity index (χ3v) is 4.06. The fraction of sp³-hybridized carbons (Fsp3) is 0.421. The molecule has 1 aromatic carbocycles. The van der Waals surface area contributed by atoms with Gasteiger partial charge in [0.15, 0.2) is 17.6 Å². The molecule has 0 radical (unpaired) electrons. The van der Waals surface area contributed by atoms with Gasteiger partial charge in [-0.1, -0.05) is 11.6 Å². The van der Waals surface area contributed by atoms with Crippen LogP contribution in [-0.2, 0) is 14.3 Å². The molecule has 0 aliphatic carbocycles. The minimum Gasteiger partial charge on any atom is -0.493 e. The number of halogens is 1. The number of nitrogens with one attached hydrogen (secondary N) is 1. The monoisotopic (exact) mass is 410 g/mol. The Hall–Kier alpha value is -2.74. The quantitative estimate of drug-likeness (QED) is 0.548. The summed E-state index contributed by atoms with van der Waals surface area (Å²) >= 11 is 6.24. The molecule has 1 aliphatic heterocycles. The summed E-state index contributed by atoms with van der Waals surface area (Å²) in [6.07, 6.45) is 1.48. The Morgan fingerprint density at radius 2 is 2.00 bits per heavy atom. The molecule has 0 aromatic heterocycles. The molecule has 3 amide bonds. The van der Waals surface area contributed by atoms with Crippen LogP contribution in [0.25, 0.3) is 6.08 Å². The van der Waals surface area contributed by atoms with E-state index in [0.29, 0.717) is 28.6 Å². The molecule has 1 fully saturated rings. The zero-order valence-corrected chi connectivity index (χ0v) is 16.9. The molecule has 1 saturated heterocycles. The van der Waals surface area contributed by atoms with E-state index in [0.717, 1.165) is 4.90 Å². The second-order valence-corrected chi connectivity index (χ2v) is 6.74. The highest BCUT2D eigenvalue weighted by Gasteiger charge is 2.31. The minimum absolute atomic E-state index is 0.0838. The number of amides is 3. The maximum atomic E-state index is 12.1. The van der Waals surface area contributed by atoms with Gasteiger partial charge in [0.25, 0.3) is 5.91 Å². The molecule has 1 aliphatic rings. The van der Waals surface area contributed by atoms with Crippen molar-refractivity contribution >= 4 is 35.6 Å². The predicted octanol–water partition coefficient (Wildman–Crippen LogP) is 2.63. The molecule has 1 atom stereocenters. The molecule has 1 N–H and O–H groups in total. The van der Waals surface area contributed by atoms with Crippen LogP contribution in [0.5, 0.6) is 11.5 Å². The van der Waals surface area contributed by atoms with Crippen LogP contribution in [0.3, 0.4) is 0 Å². The predicted molar refractivity (Wildman–Crippen MR) is 103 cm³/mol. The number of urea groups is 1. The van der Waals surface area contributed by atoms with Crippen LogP contribution >= 0.6 is 11.6 Å². The van der Waals surface area contributed by atoms with Crippen molar-refractivity contribution in [2.75, 3.05) is 20.2 Å². The zero-order chi connectivity index (χ0) is 20.8. The number of nitrogens with zero attached hydrogens (tertiary/aromatic N) is 1. The highest BCUT2D eigenvalue weighted by molar-refractivity contribution is 6.32. The average molecular weight is 411 g/mol. The third kappa shape index (κ3) is 5.39. The van der Waals surface area contributed by atoms with Crippen molar-refractivity contribution in [1.82, 2.24) is 10.2 Å². The molecule has 2 rings (SSSR count). The topological polar surface area (TPSA) is 94.2 Å². The first-order chi connectivity index (χ1) is 13.2. The van der Waals surface area contributed by atoms with Crippen LogP contribution in [0.2, 0.25) is 5.02 Å². The maximum absolute atomic E-state index is 12.1. The largest absolute Gasteiger partial charge is 0.493 e. The van der Waals surface area contributed by atoms with Crippen molar-refractivity contribution in [1.29, 1.82) is 0 Å². The number of benzene rings is 1. The van der Waals surface area contributed by atoms with Gasteiger partial charge in [0.1, 0.15) is 0 Å². The van der Waals surface area contributed by atoms with E-state index in [1.165, 1.54) is 26.2 Å². The van der Waals surface area contributed by atoms with Gasteiger partial charge in [0.2, 0.25) is 0 Å². The normalized spacial score (nSPS) is 14.9. The summed E-state index contributed by atoms with van der Waals surface area (Å²) in [5.74, 6) is -0.450. The Labute approximate surface area is 168 Å². The van der Waals surface area contributed by atoms with Crippen molar-refractivity contribution in [3.05, 3.63) is 28.8 Å². The lowest BCUT2D eigenvalue weighted by molar-refractivity contribution is -0.153. The Balaban J connectivity index is 2.04. The summed E-state index contributed by atoms with van der Waals surface area (Å²) in [4.78, 5) is 36.7. The molecule has 1 aromatic rings. The number of hydrogen-bond donors (Lipinski definition) is 1. The Morgan fingerprint density at radius 1 is 1.29 bits per heavy atom. The number of ether oxygens (including phenoxy) is 3. The molecular weight excluding hydrogens is 388 g/mol. The molecule has 0 spiro atoms. The fourth-order valence-electron chi connectivity index (χ4n) is 2.52. The molecule has 0 unspecified atom stereocenters. The van der Waals surface area contributed by atoms with Crippen molar-refractivity contribution < 1.29 is 28.6 Å². The highest BCUT2D eigenvalue weighted by Crippen LogP contribution is 2.37. The molecule has 0 saturated carbocycles. The zero-order valence-electron chi connectivity index (χ0n) is 16.2. The number of rotatable bonds is 7. The van der Waals surface area contributed by atoms with Gasteiger partial charge >= 0.3 is 12.0 Å². The van der Waals surface area contributed by atoms with Gasteiger partial charge in [-0.2, -0.15) is 0 Å². The molecule has 9 heteroatoms. The van der Waals surface area contributed by atoms with Crippen molar-refractivity contribution in [2.45, 2.75) is 33.0 Å². The standard InChI is InChI=1S/C19H23ClN2O6/c1-11(2)27-17-14(20)9-13(10-15(17)26-4)5-6-16(23)28-12(3)18(24)22-8-7-21-19(22)25/h5-6,9-12H,7-8H2,1-4H3,(H,21,25)/b6-5+/t12-/m1/s1. The highest BCUT2D eigenvalue weighted by atomic mass is 35.5. The number of carbonyl (C=O) groups is 3. The fourth-order valence-corrected chi connectivity index (χ4v) is 2.78. The van der Waals surface area contributed by atoms with E-state index < -0.39 is 24.0 Å². The first-order valence-corrected chi connectivity index (χ1v) is 9.12. The summed E-state index contributed by atoms with van der Waals surface area (Å²) in [7, 11) is 1.49. The molecule has 152 valence electrons. The second kappa shape index (κ2) is 9.45. The van der Waals surface area contributed by atoms with Crippen LogP contribution in [0.4, 0.5) is 4.79 Å². The van der Waals surface area contributed by atoms with E-state index in [1.807, 2.05) is 13.8 Å². The van der Waals surface area contributed by atoms with Gasteiger partial charge in [-0.25, -0.2) is 9.59 Å². The average Bonchev–Trinajstić information content (AvgIpc) is 3.06. The summed E-state index contributed by atoms with van der Waals surface area (Å²) in [6.45, 7) is 5.78. The van der Waals surface area contributed by atoms with Crippen molar-refractivity contribution in [3.63, 3.8) is 0 Å². The number of methoxy groups -OCH3 is 1. The Bertz CT molecular complexity index is 793. The molecule has 28 heavy (non-hydrogen) atoms. The van der Waals surface area contributed by atoms with E-state index in [1.54, 1.807) is 12.1 Å². The summed E-state index contributed by atoms with van der Waals surface area (Å²) in [5.41, 5.74) is 0.591. The number of imide groups is 1. The summed E-state index contributed by atoms with van der Waals surface area (Å²) in [6, 6.07) is 2.79. The van der Waals surface area contributed by atoms with Gasteiger partial charge in [-0.3, -0.25) is 9.69 Å². The lowest BCUT2D eigenvalue weighted by Gasteiger charge is -2.17. The van der Waals surface area contributed by atoms with Gasteiger partial charge in [0.05, 0.1) is 18.2 Å². The molecule has 8 nitrogen and oxygen atoms in total. The van der Waals surface area contributed by atoms with Crippen molar-refractivity contribution in [2.24, 2.45) is 0 Å². The lowest BCUT2D eigenvalue weighted by Crippen LogP contribution is -2.41. The first-order valence-electron chi connectivity index (χ1n) is 8.75. The SMILES string of the molecule is COc1cc(/C=C/C(=O)O[C@H](C)C(=O)N2CCNC2=O)cc(Cl)c1OC(C)C. The van der Waals surface area contributed by atoms with E-state index >= 15 is 0 Å². The van der Waals surface area contributed by atoms with Crippen LogP contribution in [-0.4, -0.2) is 55.2 Å². The first kappa shape index (κ1) is 21.6. The van der Waals surface area contributed by atoms with E-state index in [9.17, 15) is 14.4 Å². The van der Waals surface area contributed by atoms with E-state index in [2.05, 4.69) is 5.32 Å². The number of carbonyl (C=O) groups excluding carboxylic acids is 3. The smallest absolute Gasteiger partial charge is 0.331 e. The van der Waals surface area contributed by atoms with Crippen LogP contribution in [0.1, 0.15) is 26.3 Å². The Kier molecular flexibility index (Phi) is 7.28. The van der Waals surface area contributed by atoms with Gasteiger partial charge < -0.3 is 19.5 Å². The lowest BCUT2D eigenvalue weighted by atomic mass is 10.2. The van der Waals surface area contributed by atoms with Crippen LogP contribution in [0, 0.1) is 0 Å². The number of esters is 1. The summed E-state index contributed by atoms with van der Waals surface area (Å²) < 4.78 is 16.0. The second-order valence-electron chi connectivity index (χ2n) is 6.33. The molecule has 0 bridgehead atoms. The summed E-state index contributed by atoms with van der Waals surface area (Å²) in [5, 5.41) is 2.85. The van der Waals surface area contributed by atoms with Gasteiger partial charge in [-0.05, 0) is 44.5 Å². The van der Waals surface area contributed by atoms with Crippen LogP contribution < -0.4 is 14.8 Å². The van der Waals surface area contributed by atoms with Gasteiger partial charge in [0, 0.05) is 19.2 Å².